The Labute approximate surface area is 244 Å². The lowest BCUT2D eigenvalue weighted by Crippen LogP contribution is -2.49. The van der Waals surface area contributed by atoms with Crippen LogP contribution in [0, 0.1) is 5.41 Å². The second-order valence-corrected chi connectivity index (χ2v) is 12.2. The smallest absolute Gasteiger partial charge is 0.310 e. The molecule has 1 saturated heterocycles. The van der Waals surface area contributed by atoms with Gasteiger partial charge in [-0.2, -0.15) is 0 Å². The van der Waals surface area contributed by atoms with Gasteiger partial charge in [0.15, 0.2) is 0 Å². The van der Waals surface area contributed by atoms with Crippen LogP contribution in [0.2, 0.25) is 0 Å². The summed E-state index contributed by atoms with van der Waals surface area (Å²) in [6.45, 7) is 7.71. The number of nitrogens with zero attached hydrogens (tertiary/aromatic N) is 4. The third kappa shape index (κ3) is 3.77. The maximum absolute atomic E-state index is 14.1. The zero-order valence-corrected chi connectivity index (χ0v) is 23.9. The standard InChI is InChI=1S/C34H33N5O3/c1-4-12-35-29-18-33(30(40)37-29)16-25-14-24-13-22(19-36-28(24)15-26(25)17-33)20-38-32(42)39(21(2)3)31(41)34(38)11-7-9-23-8-5-6-10-27(23)34/h4-6,8,10,12-15,18-19,21H,1,7,9,11,16-17,20H2,2-3H3,(H,37,40)/t33-,34?/m0/s1. The predicted molar refractivity (Wildman–Crippen MR) is 160 cm³/mol. The Balaban J connectivity index is 1.24. The zero-order valence-electron chi connectivity index (χ0n) is 23.9. The molecule has 1 aromatic heterocycles. The van der Waals surface area contributed by atoms with Crippen LogP contribution in [-0.2, 0) is 40.9 Å². The van der Waals surface area contributed by atoms with Crippen molar-refractivity contribution in [1.82, 2.24) is 20.1 Å². The van der Waals surface area contributed by atoms with E-state index in [1.54, 1.807) is 17.2 Å². The number of aliphatic imine (C=N–C) groups is 1. The van der Waals surface area contributed by atoms with Crippen molar-refractivity contribution in [1.29, 1.82) is 0 Å². The summed E-state index contributed by atoms with van der Waals surface area (Å²) in [6, 6.07) is 13.8. The van der Waals surface area contributed by atoms with Crippen LogP contribution in [0.5, 0.6) is 0 Å². The van der Waals surface area contributed by atoms with Gasteiger partial charge in [-0.3, -0.25) is 19.5 Å². The quantitative estimate of drug-likeness (QED) is 0.354. The number of carbonyl (C=O) groups excluding carboxylic acids is 3. The number of aromatic nitrogens is 1. The number of urea groups is 1. The number of pyridine rings is 1. The van der Waals surface area contributed by atoms with Gasteiger partial charge >= 0.3 is 6.03 Å². The molecule has 0 bridgehead atoms. The van der Waals surface area contributed by atoms with Gasteiger partial charge in [0.25, 0.3) is 5.91 Å². The second kappa shape index (κ2) is 9.48. The molecule has 4 aliphatic rings. The molecule has 3 heterocycles. The number of amides is 4. The monoisotopic (exact) mass is 559 g/mol. The number of hydrogen-bond acceptors (Lipinski definition) is 5. The summed E-state index contributed by atoms with van der Waals surface area (Å²) in [4.78, 5) is 53.2. The Morgan fingerprint density at radius 2 is 1.88 bits per heavy atom. The van der Waals surface area contributed by atoms with Crippen molar-refractivity contribution in [3.05, 3.63) is 101 Å². The van der Waals surface area contributed by atoms with Crippen LogP contribution in [0.4, 0.5) is 4.79 Å². The van der Waals surface area contributed by atoms with Crippen LogP contribution >= 0.6 is 0 Å². The Morgan fingerprint density at radius 3 is 2.67 bits per heavy atom. The molecule has 8 nitrogen and oxygen atoms in total. The van der Waals surface area contributed by atoms with Crippen LogP contribution in [0.3, 0.4) is 0 Å². The maximum atomic E-state index is 14.1. The summed E-state index contributed by atoms with van der Waals surface area (Å²) in [5, 5.41) is 3.84. The highest BCUT2D eigenvalue weighted by Gasteiger charge is 2.59. The van der Waals surface area contributed by atoms with Crippen molar-refractivity contribution in [3.63, 3.8) is 0 Å². The summed E-state index contributed by atoms with van der Waals surface area (Å²) in [5.41, 5.74) is 4.32. The molecule has 1 fully saturated rings. The summed E-state index contributed by atoms with van der Waals surface area (Å²) < 4.78 is 0. The largest absolute Gasteiger partial charge is 0.328 e. The minimum atomic E-state index is -1.01. The van der Waals surface area contributed by atoms with Gasteiger partial charge in [0.2, 0.25) is 5.91 Å². The van der Waals surface area contributed by atoms with Gasteiger partial charge < -0.3 is 10.2 Å². The van der Waals surface area contributed by atoms with Gasteiger partial charge in [0, 0.05) is 23.8 Å². The van der Waals surface area contributed by atoms with Crippen molar-refractivity contribution < 1.29 is 14.4 Å². The van der Waals surface area contributed by atoms with Gasteiger partial charge in [-0.25, -0.2) is 9.79 Å². The fraction of sp³-hybridized carbons (Fsp3) is 0.324. The van der Waals surface area contributed by atoms with Crippen LogP contribution in [0.25, 0.3) is 10.9 Å². The summed E-state index contributed by atoms with van der Waals surface area (Å²) in [5.74, 6) is 0.375. The van der Waals surface area contributed by atoms with E-state index in [9.17, 15) is 14.4 Å². The number of nitrogens with one attached hydrogen (secondary N) is 1. The molecule has 212 valence electrons. The first kappa shape index (κ1) is 26.3. The van der Waals surface area contributed by atoms with Crippen LogP contribution < -0.4 is 5.32 Å². The van der Waals surface area contributed by atoms with Gasteiger partial charge in [0.05, 0.1) is 17.5 Å². The SMILES string of the molecule is C=CC=NC1=C[C@@]2(Cc3cc4cc(CN5C(=O)N(C(C)C)C(=O)C56CCCc5ccccc56)cnc4cc3C2)C(=O)N1. The van der Waals surface area contributed by atoms with Crippen LogP contribution in [0.15, 0.2) is 78.2 Å². The summed E-state index contributed by atoms with van der Waals surface area (Å²) in [7, 11) is 0. The van der Waals surface area contributed by atoms with Gasteiger partial charge in [0.1, 0.15) is 11.4 Å². The predicted octanol–water partition coefficient (Wildman–Crippen LogP) is 4.95. The van der Waals surface area contributed by atoms with Gasteiger partial charge in [-0.15, -0.1) is 0 Å². The highest BCUT2D eigenvalue weighted by Crippen LogP contribution is 2.47. The normalized spacial score (nSPS) is 24.8. The van der Waals surface area contributed by atoms with E-state index in [1.165, 1.54) is 4.90 Å². The molecule has 0 saturated carbocycles. The molecular weight excluding hydrogens is 526 g/mol. The van der Waals surface area contributed by atoms with Crippen molar-refractivity contribution in [2.24, 2.45) is 10.4 Å². The first-order chi connectivity index (χ1) is 20.3. The molecule has 1 unspecified atom stereocenters. The number of aryl methyl sites for hydroxylation is 1. The Kier molecular flexibility index (Phi) is 5.94. The van der Waals surface area contributed by atoms with E-state index in [0.29, 0.717) is 25.1 Å². The number of rotatable bonds is 5. The third-order valence-corrected chi connectivity index (χ3v) is 9.27. The van der Waals surface area contributed by atoms with E-state index >= 15 is 0 Å². The molecule has 4 amide bonds. The van der Waals surface area contributed by atoms with E-state index in [2.05, 4.69) is 41.2 Å². The average Bonchev–Trinajstić information content (AvgIpc) is 3.55. The number of carbonyl (C=O) groups is 3. The molecule has 2 spiro atoms. The average molecular weight is 560 g/mol. The van der Waals surface area contributed by atoms with E-state index in [0.717, 1.165) is 51.6 Å². The molecule has 42 heavy (non-hydrogen) atoms. The lowest BCUT2D eigenvalue weighted by atomic mass is 9.75. The molecule has 0 radical (unpaired) electrons. The number of allylic oxidation sites excluding steroid dienone is 1. The van der Waals surface area contributed by atoms with Crippen LogP contribution in [-0.4, -0.2) is 44.9 Å². The van der Waals surface area contributed by atoms with Gasteiger partial charge in [-0.05, 0) is 98.0 Å². The number of imide groups is 1. The number of hydrogen-bond donors (Lipinski definition) is 1. The molecule has 1 N–H and O–H groups in total. The number of fused-ring (bicyclic) bond motifs is 4. The van der Waals surface area contributed by atoms with E-state index < -0.39 is 11.0 Å². The first-order valence-electron chi connectivity index (χ1n) is 14.6. The molecular formula is C34H33N5O3. The van der Waals surface area contributed by atoms with E-state index in [-0.39, 0.29) is 30.4 Å². The molecule has 7 rings (SSSR count). The van der Waals surface area contributed by atoms with Crippen molar-refractivity contribution in [2.45, 2.75) is 64.1 Å². The molecule has 8 heteroatoms. The molecule has 2 aliphatic carbocycles. The number of benzene rings is 2. The molecule has 2 aliphatic heterocycles. The second-order valence-electron chi connectivity index (χ2n) is 12.2. The fourth-order valence-electron chi connectivity index (χ4n) is 7.39. The molecule has 2 aromatic carbocycles. The lowest BCUT2D eigenvalue weighted by Gasteiger charge is -2.40. The Bertz CT molecular complexity index is 1760. The molecule has 3 aromatic rings. The fourth-order valence-corrected chi connectivity index (χ4v) is 7.39. The van der Waals surface area contributed by atoms with E-state index in [1.807, 2.05) is 44.3 Å². The minimum absolute atomic E-state index is 0.0439. The van der Waals surface area contributed by atoms with Crippen molar-refractivity contribution >= 4 is 35.0 Å². The first-order valence-corrected chi connectivity index (χ1v) is 14.6. The zero-order chi connectivity index (χ0) is 29.2. The van der Waals surface area contributed by atoms with Crippen molar-refractivity contribution in [2.75, 3.05) is 0 Å². The topological polar surface area (TPSA) is 95.0 Å². The highest BCUT2D eigenvalue weighted by molar-refractivity contribution is 6.08. The Morgan fingerprint density at radius 1 is 1.10 bits per heavy atom. The van der Waals surface area contributed by atoms with Crippen molar-refractivity contribution in [3.8, 4) is 0 Å². The molecule has 2 atom stereocenters. The van der Waals surface area contributed by atoms with Crippen LogP contribution in [0.1, 0.15) is 54.5 Å². The highest BCUT2D eigenvalue weighted by atomic mass is 16.2. The summed E-state index contributed by atoms with van der Waals surface area (Å²) >= 11 is 0. The Hall–Kier alpha value is -4.59. The van der Waals surface area contributed by atoms with Gasteiger partial charge in [-0.1, -0.05) is 36.9 Å². The summed E-state index contributed by atoms with van der Waals surface area (Å²) in [6.07, 6.45) is 10.4. The third-order valence-electron chi connectivity index (χ3n) is 9.27. The minimum Gasteiger partial charge on any atom is -0.310 e. The van der Waals surface area contributed by atoms with E-state index in [4.69, 9.17) is 4.98 Å². The lowest BCUT2D eigenvalue weighted by molar-refractivity contribution is -0.135. The maximum Gasteiger partial charge on any atom is 0.328 e.